The van der Waals surface area contributed by atoms with Crippen LogP contribution in [0.4, 0.5) is 0 Å². The lowest BCUT2D eigenvalue weighted by atomic mass is 9.71. The Hall–Kier alpha value is -0.820. The molecule has 94 valence electrons. The summed E-state index contributed by atoms with van der Waals surface area (Å²) in [6, 6.07) is 9.15. The van der Waals surface area contributed by atoms with Crippen LogP contribution in [-0.2, 0) is 5.41 Å². The number of benzene rings is 1. The molecule has 1 aliphatic heterocycles. The van der Waals surface area contributed by atoms with Crippen LogP contribution in [0.25, 0.3) is 0 Å². The van der Waals surface area contributed by atoms with Crippen molar-refractivity contribution in [3.05, 3.63) is 35.4 Å². The van der Waals surface area contributed by atoms with Gasteiger partial charge in [-0.25, -0.2) is 0 Å². The number of hydrogen-bond acceptors (Lipinski definition) is 1. The first kappa shape index (κ1) is 12.6. The van der Waals surface area contributed by atoms with Crippen molar-refractivity contribution in [3.63, 3.8) is 0 Å². The summed E-state index contributed by atoms with van der Waals surface area (Å²) in [7, 11) is 0. The zero-order valence-corrected chi connectivity index (χ0v) is 11.4. The quantitative estimate of drug-likeness (QED) is 0.815. The minimum Gasteiger partial charge on any atom is -0.315 e. The molecule has 0 aliphatic carbocycles. The molecule has 0 spiro atoms. The number of nitrogens with one attached hydrogen (secondary N) is 1. The number of rotatable bonds is 5. The molecule has 1 aromatic rings. The summed E-state index contributed by atoms with van der Waals surface area (Å²) in [5.41, 5.74) is 3.33. The summed E-state index contributed by atoms with van der Waals surface area (Å²) < 4.78 is 0. The molecule has 1 saturated heterocycles. The highest BCUT2D eigenvalue weighted by molar-refractivity contribution is 5.32. The maximum absolute atomic E-state index is 3.45. The third kappa shape index (κ3) is 2.90. The van der Waals surface area contributed by atoms with Gasteiger partial charge < -0.3 is 5.32 Å². The second-order valence-electron chi connectivity index (χ2n) is 6.04. The Labute approximate surface area is 106 Å². The Balaban J connectivity index is 2.01. The van der Waals surface area contributed by atoms with Crippen LogP contribution in [0, 0.1) is 12.8 Å². The second kappa shape index (κ2) is 5.22. The van der Waals surface area contributed by atoms with Crippen molar-refractivity contribution in [3.8, 4) is 0 Å². The summed E-state index contributed by atoms with van der Waals surface area (Å²) in [4.78, 5) is 0. The molecule has 1 heteroatoms. The van der Waals surface area contributed by atoms with Gasteiger partial charge in [-0.05, 0) is 24.8 Å². The van der Waals surface area contributed by atoms with E-state index in [0.717, 1.165) is 19.0 Å². The van der Waals surface area contributed by atoms with E-state index < -0.39 is 0 Å². The molecule has 0 atom stereocenters. The Morgan fingerprint density at radius 2 is 1.82 bits per heavy atom. The maximum atomic E-state index is 3.45. The van der Waals surface area contributed by atoms with Crippen molar-refractivity contribution in [2.45, 2.75) is 45.4 Å². The van der Waals surface area contributed by atoms with Crippen LogP contribution in [0.5, 0.6) is 0 Å². The summed E-state index contributed by atoms with van der Waals surface area (Å²) in [6.07, 6.45) is 4.04. The van der Waals surface area contributed by atoms with E-state index in [2.05, 4.69) is 50.4 Å². The molecule has 0 radical (unpaired) electrons. The van der Waals surface area contributed by atoms with Crippen LogP contribution >= 0.6 is 0 Å². The van der Waals surface area contributed by atoms with Crippen LogP contribution in [0.1, 0.15) is 44.2 Å². The van der Waals surface area contributed by atoms with Gasteiger partial charge in [0.05, 0.1) is 0 Å². The van der Waals surface area contributed by atoms with E-state index >= 15 is 0 Å². The average Bonchev–Trinajstić information content (AvgIpc) is 2.23. The van der Waals surface area contributed by atoms with Gasteiger partial charge in [0, 0.05) is 18.5 Å². The lowest BCUT2D eigenvalue weighted by Crippen LogP contribution is -2.56. The minimum absolute atomic E-state index is 0.433. The van der Waals surface area contributed by atoms with E-state index in [1.54, 1.807) is 0 Å². The highest BCUT2D eigenvalue weighted by Crippen LogP contribution is 2.34. The van der Waals surface area contributed by atoms with Crippen molar-refractivity contribution < 1.29 is 0 Å². The first-order chi connectivity index (χ1) is 8.12. The van der Waals surface area contributed by atoms with Gasteiger partial charge in [0.15, 0.2) is 0 Å². The van der Waals surface area contributed by atoms with E-state index in [-0.39, 0.29) is 0 Å². The van der Waals surface area contributed by atoms with Gasteiger partial charge in [-0.3, -0.25) is 0 Å². The first-order valence-corrected chi connectivity index (χ1v) is 6.90. The third-order valence-corrected chi connectivity index (χ3v) is 4.03. The predicted molar refractivity (Wildman–Crippen MR) is 74.4 cm³/mol. The van der Waals surface area contributed by atoms with E-state index in [4.69, 9.17) is 0 Å². The molecule has 0 bridgehead atoms. The SMILES string of the molecule is Cc1ccc(C2(CCCC(C)C)CNC2)cc1. The van der Waals surface area contributed by atoms with Gasteiger partial charge in [-0.15, -0.1) is 0 Å². The third-order valence-electron chi connectivity index (χ3n) is 4.03. The topological polar surface area (TPSA) is 12.0 Å². The molecule has 1 heterocycles. The smallest absolute Gasteiger partial charge is 0.0202 e. The van der Waals surface area contributed by atoms with Crippen LogP contribution in [-0.4, -0.2) is 13.1 Å². The molecule has 1 aromatic carbocycles. The van der Waals surface area contributed by atoms with Crippen molar-refractivity contribution in [1.82, 2.24) is 5.32 Å². The van der Waals surface area contributed by atoms with Crippen molar-refractivity contribution in [1.29, 1.82) is 0 Å². The van der Waals surface area contributed by atoms with E-state index in [0.29, 0.717) is 5.41 Å². The Morgan fingerprint density at radius 1 is 1.18 bits per heavy atom. The van der Waals surface area contributed by atoms with Crippen LogP contribution in [0.3, 0.4) is 0 Å². The Morgan fingerprint density at radius 3 is 2.29 bits per heavy atom. The van der Waals surface area contributed by atoms with E-state index in [1.165, 1.54) is 30.4 Å². The fraction of sp³-hybridized carbons (Fsp3) is 0.625. The highest BCUT2D eigenvalue weighted by atomic mass is 15.0. The molecule has 1 fully saturated rings. The summed E-state index contributed by atoms with van der Waals surface area (Å²) in [5, 5.41) is 3.45. The molecular weight excluding hydrogens is 206 g/mol. The highest BCUT2D eigenvalue weighted by Gasteiger charge is 2.37. The molecule has 0 aromatic heterocycles. The van der Waals surface area contributed by atoms with Crippen LogP contribution in [0.15, 0.2) is 24.3 Å². The largest absolute Gasteiger partial charge is 0.315 e. The fourth-order valence-corrected chi connectivity index (χ4v) is 2.71. The summed E-state index contributed by atoms with van der Waals surface area (Å²) in [6.45, 7) is 9.12. The standard InChI is InChI=1S/C16H25N/c1-13(2)5-4-10-16(11-17-12-16)15-8-6-14(3)7-9-15/h6-9,13,17H,4-5,10-12H2,1-3H3. The van der Waals surface area contributed by atoms with Gasteiger partial charge >= 0.3 is 0 Å². The summed E-state index contributed by atoms with van der Waals surface area (Å²) in [5.74, 6) is 0.832. The molecule has 1 aliphatic rings. The van der Waals surface area contributed by atoms with Crippen LogP contribution < -0.4 is 5.32 Å². The lowest BCUT2D eigenvalue weighted by molar-refractivity contribution is 0.246. The Bertz CT molecular complexity index is 346. The lowest BCUT2D eigenvalue weighted by Gasteiger charge is -2.43. The number of aryl methyl sites for hydroxylation is 1. The molecule has 1 nitrogen and oxygen atoms in total. The van der Waals surface area contributed by atoms with Gasteiger partial charge in [-0.2, -0.15) is 0 Å². The molecule has 0 unspecified atom stereocenters. The van der Waals surface area contributed by atoms with Crippen molar-refractivity contribution >= 4 is 0 Å². The van der Waals surface area contributed by atoms with E-state index in [9.17, 15) is 0 Å². The van der Waals surface area contributed by atoms with Gasteiger partial charge in [0.1, 0.15) is 0 Å². The first-order valence-electron chi connectivity index (χ1n) is 6.90. The normalized spacial score (nSPS) is 18.1. The molecule has 0 amide bonds. The molecule has 1 N–H and O–H groups in total. The van der Waals surface area contributed by atoms with E-state index in [1.807, 2.05) is 0 Å². The predicted octanol–water partition coefficient (Wildman–Crippen LogP) is 3.66. The Kier molecular flexibility index (Phi) is 3.88. The van der Waals surface area contributed by atoms with Crippen LogP contribution in [0.2, 0.25) is 0 Å². The molecular formula is C16H25N. The second-order valence-corrected chi connectivity index (χ2v) is 6.04. The van der Waals surface area contributed by atoms with Gasteiger partial charge in [0.2, 0.25) is 0 Å². The fourth-order valence-electron chi connectivity index (χ4n) is 2.71. The van der Waals surface area contributed by atoms with Gasteiger partial charge in [0.25, 0.3) is 0 Å². The minimum atomic E-state index is 0.433. The maximum Gasteiger partial charge on any atom is 0.0202 e. The summed E-state index contributed by atoms with van der Waals surface area (Å²) >= 11 is 0. The van der Waals surface area contributed by atoms with Gasteiger partial charge in [-0.1, -0.05) is 56.5 Å². The average molecular weight is 231 g/mol. The molecule has 2 rings (SSSR count). The zero-order chi connectivity index (χ0) is 12.3. The molecule has 0 saturated carbocycles. The zero-order valence-electron chi connectivity index (χ0n) is 11.4. The monoisotopic (exact) mass is 231 g/mol. The van der Waals surface area contributed by atoms with Crippen molar-refractivity contribution in [2.75, 3.05) is 13.1 Å². The molecule has 17 heavy (non-hydrogen) atoms. The van der Waals surface area contributed by atoms with Crippen molar-refractivity contribution in [2.24, 2.45) is 5.92 Å². The number of hydrogen-bond donors (Lipinski definition) is 1.